The zero-order valence-corrected chi connectivity index (χ0v) is 23.4. The van der Waals surface area contributed by atoms with Crippen LogP contribution in [0.4, 0.5) is 0 Å². The van der Waals surface area contributed by atoms with E-state index in [2.05, 4.69) is 0 Å². The van der Waals surface area contributed by atoms with Gasteiger partial charge in [0.25, 0.3) is 0 Å². The van der Waals surface area contributed by atoms with Crippen LogP contribution in [0.1, 0.15) is 5.56 Å². The molecule has 0 amide bonds. The van der Waals surface area contributed by atoms with Gasteiger partial charge in [0.05, 0.1) is 13.2 Å². The fraction of sp³-hybridized carbons (Fsp3) is 0.464. The second-order valence-electron chi connectivity index (χ2n) is 10.8. The smallest absolute Gasteiger partial charge is 0.239 e. The third-order valence-electron chi connectivity index (χ3n) is 7.64. The molecule has 0 aliphatic carbocycles. The number of aliphatic hydroxyl groups excluding tert-OH is 7. The van der Waals surface area contributed by atoms with Crippen molar-refractivity contribution in [3.63, 3.8) is 0 Å². The summed E-state index contributed by atoms with van der Waals surface area (Å²) in [6, 6.07) is 4.21. The predicted octanol–water partition coefficient (Wildman–Crippen LogP) is -2.41. The van der Waals surface area contributed by atoms with E-state index in [1.165, 1.54) is 13.0 Å². The molecular formula is C28H32O17. The molecule has 11 N–H and O–H groups in total. The van der Waals surface area contributed by atoms with Gasteiger partial charge >= 0.3 is 0 Å². The van der Waals surface area contributed by atoms with Crippen LogP contribution in [0.5, 0.6) is 28.7 Å². The van der Waals surface area contributed by atoms with E-state index < -0.39 is 120 Å². The van der Waals surface area contributed by atoms with Crippen molar-refractivity contribution in [3.8, 4) is 40.1 Å². The maximum absolute atomic E-state index is 13.7. The first-order chi connectivity index (χ1) is 21.2. The van der Waals surface area contributed by atoms with Crippen LogP contribution in [0.2, 0.25) is 0 Å². The molecule has 2 aliphatic rings. The Morgan fingerprint density at radius 3 is 2.02 bits per heavy atom. The molecule has 2 fully saturated rings. The predicted molar refractivity (Wildman–Crippen MR) is 146 cm³/mol. The van der Waals surface area contributed by atoms with Crippen molar-refractivity contribution in [2.24, 2.45) is 0 Å². The summed E-state index contributed by atoms with van der Waals surface area (Å²) in [6.45, 7) is 0.0117. The van der Waals surface area contributed by atoms with E-state index >= 15 is 0 Å². The Kier molecular flexibility index (Phi) is 9.11. The lowest BCUT2D eigenvalue weighted by molar-refractivity contribution is -0.323. The number of aromatic hydroxyl groups is 4. The van der Waals surface area contributed by atoms with Crippen molar-refractivity contribution < 1.29 is 79.5 Å². The van der Waals surface area contributed by atoms with Crippen molar-refractivity contribution in [2.75, 3.05) is 13.2 Å². The average Bonchev–Trinajstić information content (AvgIpc) is 2.99. The van der Waals surface area contributed by atoms with Gasteiger partial charge in [-0.05, 0) is 24.6 Å². The first-order valence-electron chi connectivity index (χ1n) is 13.6. The van der Waals surface area contributed by atoms with E-state index in [4.69, 9.17) is 23.4 Å². The third-order valence-corrected chi connectivity index (χ3v) is 7.64. The van der Waals surface area contributed by atoms with Crippen LogP contribution in [0, 0.1) is 6.92 Å². The number of rotatable bonds is 7. The molecule has 1 aromatic heterocycles. The highest BCUT2D eigenvalue weighted by atomic mass is 16.7. The molecule has 2 aromatic carbocycles. The van der Waals surface area contributed by atoms with Gasteiger partial charge in [0.1, 0.15) is 71.3 Å². The Morgan fingerprint density at radius 2 is 1.38 bits per heavy atom. The molecule has 5 rings (SSSR count). The highest BCUT2D eigenvalue weighted by Crippen LogP contribution is 2.40. The van der Waals surface area contributed by atoms with Crippen LogP contribution in [0.25, 0.3) is 22.3 Å². The number of fused-ring (bicyclic) bond motifs is 1. The molecule has 0 radical (unpaired) electrons. The van der Waals surface area contributed by atoms with Crippen LogP contribution in [0.3, 0.4) is 0 Å². The minimum absolute atomic E-state index is 0.0342. The minimum atomic E-state index is -2.00. The van der Waals surface area contributed by atoms with Gasteiger partial charge < -0.3 is 79.5 Å². The standard InChI is InChI=1S/C28H32O17/c1-8-2-9(3-12(32)17(8)33)25-26(20(36)16-11(31)4-10(30)5-13(16)42-25)45-28-24(40)22(38)19(35)15(44-28)7-41-27-23(39)21(37)18(34)14(6-29)43-27/h2-5,14-15,18-19,21-24,27-35,37-40H,6-7H2,1H3/t14-,15-,18-,19+,21+,22+,23+,24-,27-,28+/m1/s1. The summed E-state index contributed by atoms with van der Waals surface area (Å²) in [4.78, 5) is 13.7. The van der Waals surface area contributed by atoms with Gasteiger partial charge in [0.2, 0.25) is 17.5 Å². The fourth-order valence-electron chi connectivity index (χ4n) is 5.12. The van der Waals surface area contributed by atoms with Gasteiger partial charge in [-0.2, -0.15) is 0 Å². The Morgan fingerprint density at radius 1 is 0.756 bits per heavy atom. The highest BCUT2D eigenvalue weighted by molar-refractivity contribution is 5.88. The maximum atomic E-state index is 13.7. The lowest BCUT2D eigenvalue weighted by atomic mass is 9.98. The molecular weight excluding hydrogens is 608 g/mol. The lowest BCUT2D eigenvalue weighted by Crippen LogP contribution is -2.62. The molecule has 3 heterocycles. The van der Waals surface area contributed by atoms with Crippen LogP contribution in [0.15, 0.2) is 33.5 Å². The highest BCUT2D eigenvalue weighted by Gasteiger charge is 2.48. The lowest BCUT2D eigenvalue weighted by Gasteiger charge is -2.42. The molecule has 10 atom stereocenters. The number of aryl methyl sites for hydroxylation is 1. The van der Waals surface area contributed by atoms with Crippen LogP contribution >= 0.6 is 0 Å². The fourth-order valence-corrected chi connectivity index (χ4v) is 5.12. The van der Waals surface area contributed by atoms with Crippen LogP contribution in [-0.2, 0) is 14.2 Å². The number of hydrogen-bond acceptors (Lipinski definition) is 17. The van der Waals surface area contributed by atoms with Crippen molar-refractivity contribution in [1.82, 2.24) is 0 Å². The van der Waals surface area contributed by atoms with E-state index in [1.807, 2.05) is 0 Å². The molecule has 0 spiro atoms. The zero-order chi connectivity index (χ0) is 32.9. The second-order valence-corrected chi connectivity index (χ2v) is 10.8. The third kappa shape index (κ3) is 5.98. The summed E-state index contributed by atoms with van der Waals surface area (Å²) >= 11 is 0. The summed E-state index contributed by atoms with van der Waals surface area (Å²) in [5.41, 5.74) is -1.24. The number of ether oxygens (including phenoxy) is 4. The molecule has 2 saturated heterocycles. The van der Waals surface area contributed by atoms with Gasteiger partial charge in [-0.1, -0.05) is 0 Å². The van der Waals surface area contributed by atoms with Crippen LogP contribution in [-0.4, -0.2) is 131 Å². The van der Waals surface area contributed by atoms with Gasteiger partial charge in [-0.15, -0.1) is 0 Å². The first kappa shape index (κ1) is 32.6. The number of aliphatic hydroxyl groups is 7. The van der Waals surface area contributed by atoms with Crippen molar-refractivity contribution in [2.45, 2.75) is 68.3 Å². The van der Waals surface area contributed by atoms with E-state index in [-0.39, 0.29) is 16.7 Å². The van der Waals surface area contributed by atoms with E-state index in [9.17, 15) is 61.0 Å². The number of benzene rings is 2. The largest absolute Gasteiger partial charge is 0.508 e. The molecule has 45 heavy (non-hydrogen) atoms. The zero-order valence-electron chi connectivity index (χ0n) is 23.4. The van der Waals surface area contributed by atoms with Crippen molar-refractivity contribution in [3.05, 3.63) is 40.1 Å². The second kappa shape index (κ2) is 12.6. The molecule has 17 nitrogen and oxygen atoms in total. The Bertz CT molecular complexity index is 1580. The topological polar surface area (TPSA) is 290 Å². The first-order valence-corrected chi connectivity index (χ1v) is 13.6. The van der Waals surface area contributed by atoms with Crippen LogP contribution < -0.4 is 10.2 Å². The van der Waals surface area contributed by atoms with Gasteiger partial charge in [-0.3, -0.25) is 4.79 Å². The minimum Gasteiger partial charge on any atom is -0.508 e. The molecule has 246 valence electrons. The summed E-state index contributed by atoms with van der Waals surface area (Å²) in [5, 5.41) is 112. The summed E-state index contributed by atoms with van der Waals surface area (Å²) in [5.74, 6) is -3.36. The number of phenols is 4. The Balaban J connectivity index is 1.49. The monoisotopic (exact) mass is 640 g/mol. The summed E-state index contributed by atoms with van der Waals surface area (Å²) < 4.78 is 27.7. The SMILES string of the molecule is Cc1cc(-c2oc3cc(O)cc(O)c3c(=O)c2O[C@@H]2O[C@H](CO[C@@H]3O[C@H](CO)[C@@H](O)[C@H](O)[C@@H]3O)[C@H](O)[C@H](O)[C@H]2O)cc(O)c1O. The van der Waals surface area contributed by atoms with Crippen molar-refractivity contribution in [1.29, 1.82) is 0 Å². The molecule has 17 heteroatoms. The normalized spacial score (nSPS) is 32.1. The Labute approximate surface area is 252 Å². The van der Waals surface area contributed by atoms with Gasteiger partial charge in [-0.25, -0.2) is 0 Å². The van der Waals surface area contributed by atoms with E-state index in [0.29, 0.717) is 0 Å². The van der Waals surface area contributed by atoms with Gasteiger partial charge in [0.15, 0.2) is 23.5 Å². The quantitative estimate of drug-likeness (QED) is 0.120. The Hall–Kier alpha value is -3.75. The molecule has 0 saturated carbocycles. The summed E-state index contributed by atoms with van der Waals surface area (Å²) in [7, 11) is 0. The van der Waals surface area contributed by atoms with E-state index in [1.54, 1.807) is 0 Å². The molecule has 3 aromatic rings. The number of phenolic OH excluding ortho intramolecular Hbond substituents is 4. The summed E-state index contributed by atoms with van der Waals surface area (Å²) in [6.07, 6.45) is -17.4. The number of hydrogen-bond donors (Lipinski definition) is 11. The molecule has 2 aliphatic heterocycles. The van der Waals surface area contributed by atoms with Crippen molar-refractivity contribution >= 4 is 11.0 Å². The molecule has 0 unspecified atom stereocenters. The maximum Gasteiger partial charge on any atom is 0.239 e. The molecule has 0 bridgehead atoms. The average molecular weight is 641 g/mol. The van der Waals surface area contributed by atoms with E-state index in [0.717, 1.165) is 18.2 Å². The van der Waals surface area contributed by atoms with Gasteiger partial charge in [0, 0.05) is 17.7 Å².